The number of rotatable bonds is 9. The molecule has 0 saturated carbocycles. The van der Waals surface area contributed by atoms with E-state index >= 15 is 0 Å². The number of aryl methyl sites for hydroxylation is 1. The molecule has 0 bridgehead atoms. The summed E-state index contributed by atoms with van der Waals surface area (Å²) in [5, 5.41) is 5.83. The Morgan fingerprint density at radius 2 is 1.69 bits per heavy atom. The third-order valence-electron chi connectivity index (χ3n) is 5.94. The molecule has 8 heteroatoms. The number of ketones is 1. The van der Waals surface area contributed by atoms with Crippen LogP contribution in [0.2, 0.25) is 0 Å². The van der Waals surface area contributed by atoms with E-state index in [0.717, 1.165) is 17.5 Å². The number of Topliss-reactive ketones (excluding diaryl/α,β-unsaturated/α-hetero) is 1. The van der Waals surface area contributed by atoms with Gasteiger partial charge in [0, 0.05) is 34.8 Å². The summed E-state index contributed by atoms with van der Waals surface area (Å²) in [6.07, 6.45) is -2.17. The first kappa shape index (κ1) is 25.2. The number of alkyl halides is 3. The maximum Gasteiger partial charge on any atom is 0.405 e. The van der Waals surface area contributed by atoms with E-state index < -0.39 is 24.7 Å². The van der Waals surface area contributed by atoms with Gasteiger partial charge in [0.05, 0.1) is 6.04 Å². The predicted octanol–water partition coefficient (Wildman–Crippen LogP) is 5.52. The molecular weight excluding hydrogens is 467 g/mol. The third-order valence-corrected chi connectivity index (χ3v) is 5.94. The molecule has 4 aromatic rings. The summed E-state index contributed by atoms with van der Waals surface area (Å²) < 4.78 is 37.3. The summed E-state index contributed by atoms with van der Waals surface area (Å²) in [4.78, 5) is 28.8. The number of carbonyl (C=O) groups excluding carboxylic acids is 2. The fraction of sp³-hybridized carbons (Fsp3) is 0.214. The molecule has 4 rings (SSSR count). The normalized spacial score (nSPS) is 12.4. The fourth-order valence-electron chi connectivity index (χ4n) is 4.03. The summed E-state index contributed by atoms with van der Waals surface area (Å²) in [5.41, 5.74) is 4.17. The number of aromatic amines is 1. The highest BCUT2D eigenvalue weighted by Crippen LogP contribution is 2.26. The second-order valence-electron chi connectivity index (χ2n) is 8.66. The Kier molecular flexibility index (Phi) is 7.55. The van der Waals surface area contributed by atoms with Crippen LogP contribution in [0, 0.1) is 6.92 Å². The number of hydrogen-bond acceptors (Lipinski definition) is 3. The summed E-state index contributed by atoms with van der Waals surface area (Å²) >= 11 is 0. The first-order chi connectivity index (χ1) is 17.2. The molecule has 1 amide bonds. The Balaban J connectivity index is 1.54. The number of carbonyl (C=O) groups is 2. The van der Waals surface area contributed by atoms with Gasteiger partial charge in [-0.05, 0) is 36.6 Å². The van der Waals surface area contributed by atoms with Crippen LogP contribution in [0.25, 0.3) is 10.9 Å². The molecule has 0 radical (unpaired) electrons. The maximum atomic E-state index is 13.7. The highest BCUT2D eigenvalue weighted by atomic mass is 19.4. The summed E-state index contributed by atoms with van der Waals surface area (Å²) in [6, 6.07) is 21.5. The van der Waals surface area contributed by atoms with Crippen molar-refractivity contribution in [1.82, 2.24) is 15.6 Å². The van der Waals surface area contributed by atoms with Crippen LogP contribution < -0.4 is 10.6 Å². The zero-order valence-electron chi connectivity index (χ0n) is 19.7. The minimum Gasteiger partial charge on any atom is -0.360 e. The lowest BCUT2D eigenvalue weighted by atomic mass is 9.96. The third kappa shape index (κ3) is 6.20. The molecule has 0 aliphatic heterocycles. The highest BCUT2D eigenvalue weighted by molar-refractivity contribution is 6.11. The van der Waals surface area contributed by atoms with E-state index in [-0.39, 0.29) is 11.3 Å². The van der Waals surface area contributed by atoms with Gasteiger partial charge < -0.3 is 15.6 Å². The van der Waals surface area contributed by atoms with Gasteiger partial charge in [-0.15, -0.1) is 0 Å². The van der Waals surface area contributed by atoms with E-state index in [1.54, 1.807) is 12.3 Å². The second kappa shape index (κ2) is 10.8. The van der Waals surface area contributed by atoms with Crippen molar-refractivity contribution in [2.75, 3.05) is 13.1 Å². The van der Waals surface area contributed by atoms with E-state index in [1.807, 2.05) is 42.6 Å². The smallest absolute Gasteiger partial charge is 0.360 e. The van der Waals surface area contributed by atoms with Gasteiger partial charge in [0.1, 0.15) is 6.54 Å². The Morgan fingerprint density at radius 1 is 0.972 bits per heavy atom. The molecule has 1 aromatic heterocycles. The monoisotopic (exact) mass is 493 g/mol. The summed E-state index contributed by atoms with van der Waals surface area (Å²) in [7, 11) is 0. The van der Waals surface area contributed by atoms with Crippen molar-refractivity contribution in [3.63, 3.8) is 0 Å². The van der Waals surface area contributed by atoms with Gasteiger partial charge in [0.2, 0.25) is 0 Å². The Bertz CT molecular complexity index is 1350. The second-order valence-corrected chi connectivity index (χ2v) is 8.66. The van der Waals surface area contributed by atoms with Gasteiger partial charge >= 0.3 is 6.18 Å². The average molecular weight is 494 g/mol. The molecule has 3 aromatic carbocycles. The van der Waals surface area contributed by atoms with Crippen LogP contribution in [0.15, 0.2) is 79.0 Å². The topological polar surface area (TPSA) is 74.0 Å². The Hall–Kier alpha value is -3.91. The molecule has 0 saturated heterocycles. The number of aromatic nitrogens is 1. The largest absolute Gasteiger partial charge is 0.405 e. The quantitative estimate of drug-likeness (QED) is 0.269. The lowest BCUT2D eigenvalue weighted by molar-refractivity contribution is -0.123. The van der Waals surface area contributed by atoms with E-state index in [2.05, 4.69) is 34.6 Å². The first-order valence-electron chi connectivity index (χ1n) is 11.6. The van der Waals surface area contributed by atoms with E-state index in [9.17, 15) is 22.8 Å². The van der Waals surface area contributed by atoms with Crippen molar-refractivity contribution in [2.45, 2.75) is 25.6 Å². The molecule has 1 heterocycles. The fourth-order valence-corrected chi connectivity index (χ4v) is 4.03. The SMILES string of the molecule is Cc1ccc(CCN[C@H](C(=O)c2c[nH]c3cc(C(=O)NCC(F)(F)F)ccc23)c2ccccc2)cc1. The van der Waals surface area contributed by atoms with Crippen molar-refractivity contribution in [3.8, 4) is 0 Å². The van der Waals surface area contributed by atoms with Gasteiger partial charge in [0.15, 0.2) is 5.78 Å². The van der Waals surface area contributed by atoms with Crippen LogP contribution in [0.3, 0.4) is 0 Å². The molecule has 1 atom stereocenters. The Labute approximate surface area is 206 Å². The molecule has 0 spiro atoms. The number of amides is 1. The zero-order valence-corrected chi connectivity index (χ0v) is 19.7. The lowest BCUT2D eigenvalue weighted by Crippen LogP contribution is -2.33. The average Bonchev–Trinajstić information content (AvgIpc) is 3.29. The van der Waals surface area contributed by atoms with Crippen molar-refractivity contribution >= 4 is 22.6 Å². The van der Waals surface area contributed by atoms with Gasteiger partial charge in [0.25, 0.3) is 5.91 Å². The maximum absolute atomic E-state index is 13.7. The van der Waals surface area contributed by atoms with E-state index in [0.29, 0.717) is 23.0 Å². The molecular formula is C28H26F3N3O2. The summed E-state index contributed by atoms with van der Waals surface area (Å²) in [6.45, 7) is 1.21. The molecule has 0 aliphatic carbocycles. The molecule has 186 valence electrons. The van der Waals surface area contributed by atoms with Crippen LogP contribution in [0.5, 0.6) is 0 Å². The number of benzene rings is 3. The van der Waals surface area contributed by atoms with Crippen LogP contribution in [0.1, 0.15) is 43.4 Å². The van der Waals surface area contributed by atoms with Crippen LogP contribution in [0.4, 0.5) is 13.2 Å². The van der Waals surface area contributed by atoms with Crippen LogP contribution in [-0.4, -0.2) is 35.9 Å². The molecule has 0 fully saturated rings. The number of H-pyrrole nitrogens is 1. The van der Waals surface area contributed by atoms with Gasteiger partial charge in [-0.25, -0.2) is 0 Å². The van der Waals surface area contributed by atoms with Crippen molar-refractivity contribution in [1.29, 1.82) is 0 Å². The molecule has 0 aliphatic rings. The zero-order chi connectivity index (χ0) is 25.7. The number of hydrogen-bond donors (Lipinski definition) is 3. The lowest BCUT2D eigenvalue weighted by Gasteiger charge is -2.18. The van der Waals surface area contributed by atoms with Crippen LogP contribution >= 0.6 is 0 Å². The number of fused-ring (bicyclic) bond motifs is 1. The van der Waals surface area contributed by atoms with Crippen molar-refractivity contribution in [2.24, 2.45) is 0 Å². The standard InChI is InChI=1S/C28H26F3N3O2/c1-18-7-9-19(10-8-18)13-14-32-25(20-5-3-2-4-6-20)26(35)23-16-33-24-15-21(11-12-22(23)24)27(36)34-17-28(29,30)31/h2-12,15-16,25,32-33H,13-14,17H2,1H3,(H,34,36)/t25-/m0/s1. The predicted molar refractivity (Wildman–Crippen MR) is 133 cm³/mol. The molecule has 0 unspecified atom stereocenters. The highest BCUT2D eigenvalue weighted by Gasteiger charge is 2.28. The van der Waals surface area contributed by atoms with Gasteiger partial charge in [-0.1, -0.05) is 66.2 Å². The van der Waals surface area contributed by atoms with E-state index in [1.165, 1.54) is 17.7 Å². The first-order valence-corrected chi connectivity index (χ1v) is 11.6. The minimum absolute atomic E-state index is 0.0726. The van der Waals surface area contributed by atoms with Gasteiger partial charge in [-0.3, -0.25) is 9.59 Å². The van der Waals surface area contributed by atoms with Crippen LogP contribution in [-0.2, 0) is 6.42 Å². The number of nitrogens with one attached hydrogen (secondary N) is 3. The number of halogens is 3. The van der Waals surface area contributed by atoms with Crippen molar-refractivity contribution < 1.29 is 22.8 Å². The molecule has 5 nitrogen and oxygen atoms in total. The Morgan fingerprint density at radius 3 is 2.39 bits per heavy atom. The van der Waals surface area contributed by atoms with Gasteiger partial charge in [-0.2, -0.15) is 13.2 Å². The van der Waals surface area contributed by atoms with Crippen molar-refractivity contribution in [3.05, 3.63) is 107 Å². The summed E-state index contributed by atoms with van der Waals surface area (Å²) in [5.74, 6) is -0.984. The minimum atomic E-state index is -4.50. The molecule has 3 N–H and O–H groups in total. The van der Waals surface area contributed by atoms with E-state index in [4.69, 9.17) is 0 Å². The molecule has 36 heavy (non-hydrogen) atoms.